The molecule has 0 saturated carbocycles. The molecule has 0 bridgehead atoms. The molecule has 2 aliphatic heterocycles. The molecule has 180 valence electrons. The maximum absolute atomic E-state index is 12.7. The van der Waals surface area contributed by atoms with Gasteiger partial charge in [0.05, 0.1) is 10.7 Å². The van der Waals surface area contributed by atoms with Crippen LogP contribution in [0.25, 0.3) is 0 Å². The summed E-state index contributed by atoms with van der Waals surface area (Å²) in [5.41, 5.74) is 0.939. The van der Waals surface area contributed by atoms with E-state index in [4.69, 9.17) is 21.1 Å². The predicted molar refractivity (Wildman–Crippen MR) is 129 cm³/mol. The number of anilines is 1. The van der Waals surface area contributed by atoms with Crippen molar-refractivity contribution in [2.75, 3.05) is 57.9 Å². The van der Waals surface area contributed by atoms with Gasteiger partial charge in [-0.25, -0.2) is 0 Å². The van der Waals surface area contributed by atoms with Crippen LogP contribution >= 0.6 is 11.6 Å². The number of hydrogen-bond acceptors (Lipinski definition) is 6. The number of amides is 2. The number of carbonyl (C=O) groups is 3. The molecule has 1 fully saturated rings. The molecule has 0 spiro atoms. The third kappa shape index (κ3) is 5.69. The summed E-state index contributed by atoms with van der Waals surface area (Å²) in [5, 5.41) is 0.428. The van der Waals surface area contributed by atoms with E-state index < -0.39 is 0 Å². The minimum absolute atomic E-state index is 0.0671. The fourth-order valence-electron chi connectivity index (χ4n) is 4.01. The number of hydrogen-bond donors (Lipinski definition) is 0. The van der Waals surface area contributed by atoms with Crippen molar-refractivity contribution in [3.63, 3.8) is 0 Å². The highest BCUT2D eigenvalue weighted by Gasteiger charge is 2.27. The Labute approximate surface area is 204 Å². The van der Waals surface area contributed by atoms with Gasteiger partial charge in [-0.15, -0.1) is 0 Å². The maximum atomic E-state index is 12.7. The van der Waals surface area contributed by atoms with Gasteiger partial charge in [-0.2, -0.15) is 0 Å². The van der Waals surface area contributed by atoms with Crippen molar-refractivity contribution in [3.8, 4) is 11.5 Å². The number of benzene rings is 2. The lowest BCUT2D eigenvalue weighted by atomic mass is 10.1. The first-order valence-electron chi connectivity index (χ1n) is 11.4. The standard InChI is InChI=1S/C25H28ClN3O5/c1-27-11-13-28(14-12-27)24(31)7-4-10-29-20-15-18(8-9-23(20)34-17-25(29)32)21(30)16-33-22-6-3-2-5-19(22)26/h2-3,5-6,8-9,15H,4,7,10-14,16-17H2,1H3. The fraction of sp³-hybridized carbons (Fsp3) is 0.400. The molecule has 9 heteroatoms. The van der Waals surface area contributed by atoms with Crippen molar-refractivity contribution in [2.45, 2.75) is 12.8 Å². The summed E-state index contributed by atoms with van der Waals surface area (Å²) in [6, 6.07) is 11.9. The van der Waals surface area contributed by atoms with Crippen LogP contribution in [-0.2, 0) is 9.59 Å². The van der Waals surface area contributed by atoms with Crippen LogP contribution in [0.4, 0.5) is 5.69 Å². The van der Waals surface area contributed by atoms with Crippen molar-refractivity contribution < 1.29 is 23.9 Å². The molecule has 2 aromatic carbocycles. The van der Waals surface area contributed by atoms with Crippen molar-refractivity contribution in [1.82, 2.24) is 9.80 Å². The fourth-order valence-corrected chi connectivity index (χ4v) is 4.20. The second-order valence-corrected chi connectivity index (χ2v) is 8.85. The Hall–Kier alpha value is -3.10. The number of Topliss-reactive ketones (excluding diaryl/α,β-unsaturated/α-hetero) is 1. The summed E-state index contributed by atoms with van der Waals surface area (Å²) >= 11 is 6.08. The highest BCUT2D eigenvalue weighted by atomic mass is 35.5. The molecule has 8 nitrogen and oxygen atoms in total. The lowest BCUT2D eigenvalue weighted by Crippen LogP contribution is -2.47. The van der Waals surface area contributed by atoms with Gasteiger partial charge >= 0.3 is 0 Å². The Morgan fingerprint density at radius 2 is 1.85 bits per heavy atom. The van der Waals surface area contributed by atoms with E-state index in [2.05, 4.69) is 4.90 Å². The number of para-hydroxylation sites is 1. The predicted octanol–water partition coefficient (Wildman–Crippen LogP) is 2.88. The Balaban J connectivity index is 1.38. The highest BCUT2D eigenvalue weighted by molar-refractivity contribution is 6.32. The lowest BCUT2D eigenvalue weighted by molar-refractivity contribution is -0.133. The van der Waals surface area contributed by atoms with E-state index in [1.165, 1.54) is 0 Å². The number of fused-ring (bicyclic) bond motifs is 1. The Bertz CT molecular complexity index is 1070. The Morgan fingerprint density at radius 1 is 1.09 bits per heavy atom. The smallest absolute Gasteiger partial charge is 0.265 e. The van der Waals surface area contributed by atoms with Gasteiger partial charge in [0, 0.05) is 44.7 Å². The van der Waals surface area contributed by atoms with E-state index in [9.17, 15) is 14.4 Å². The van der Waals surface area contributed by atoms with Crippen LogP contribution < -0.4 is 14.4 Å². The molecule has 0 radical (unpaired) electrons. The maximum Gasteiger partial charge on any atom is 0.265 e. The van der Waals surface area contributed by atoms with E-state index in [1.54, 1.807) is 47.4 Å². The zero-order valence-corrected chi connectivity index (χ0v) is 19.9. The summed E-state index contributed by atoms with van der Waals surface area (Å²) in [6.45, 7) is 3.34. The average Bonchev–Trinajstić information content (AvgIpc) is 2.84. The molecule has 0 unspecified atom stereocenters. The summed E-state index contributed by atoms with van der Waals surface area (Å²) < 4.78 is 11.1. The van der Waals surface area contributed by atoms with Crippen LogP contribution in [0.3, 0.4) is 0 Å². The number of rotatable bonds is 8. The highest BCUT2D eigenvalue weighted by Crippen LogP contribution is 2.33. The first-order valence-corrected chi connectivity index (χ1v) is 11.7. The van der Waals surface area contributed by atoms with Crippen LogP contribution in [0.5, 0.6) is 11.5 Å². The van der Waals surface area contributed by atoms with Crippen LogP contribution in [0, 0.1) is 0 Å². The molecule has 0 N–H and O–H groups in total. The number of piperazine rings is 1. The summed E-state index contributed by atoms with van der Waals surface area (Å²) in [5.74, 6) is 0.631. The molecular formula is C25H28ClN3O5. The third-order valence-corrected chi connectivity index (χ3v) is 6.36. The second kappa shape index (κ2) is 10.9. The van der Waals surface area contributed by atoms with Crippen LogP contribution in [0.2, 0.25) is 5.02 Å². The van der Waals surface area contributed by atoms with Crippen molar-refractivity contribution >= 4 is 34.9 Å². The summed E-state index contributed by atoms with van der Waals surface area (Å²) in [4.78, 5) is 43.5. The normalized spacial score (nSPS) is 16.1. The molecule has 0 atom stereocenters. The molecule has 2 heterocycles. The molecule has 2 aliphatic rings. The minimum atomic E-state index is -0.245. The van der Waals surface area contributed by atoms with Crippen molar-refractivity contribution in [1.29, 1.82) is 0 Å². The van der Waals surface area contributed by atoms with Gasteiger partial charge in [-0.3, -0.25) is 14.4 Å². The molecule has 0 aliphatic carbocycles. The number of ketones is 1. The Morgan fingerprint density at radius 3 is 2.62 bits per heavy atom. The van der Waals surface area contributed by atoms with Crippen LogP contribution in [0.15, 0.2) is 42.5 Å². The molecule has 2 aromatic rings. The van der Waals surface area contributed by atoms with Gasteiger partial charge in [0.25, 0.3) is 5.91 Å². The number of carbonyl (C=O) groups excluding carboxylic acids is 3. The van der Waals surface area contributed by atoms with Crippen LogP contribution in [-0.4, -0.2) is 80.4 Å². The molecule has 4 rings (SSSR count). The van der Waals surface area contributed by atoms with E-state index in [1.807, 2.05) is 11.9 Å². The summed E-state index contributed by atoms with van der Waals surface area (Å²) in [6.07, 6.45) is 0.901. The van der Waals surface area contributed by atoms with E-state index in [0.717, 1.165) is 26.2 Å². The van der Waals surface area contributed by atoms with Gasteiger partial charge < -0.3 is 24.2 Å². The zero-order chi connectivity index (χ0) is 24.1. The lowest BCUT2D eigenvalue weighted by Gasteiger charge is -2.33. The van der Waals surface area contributed by atoms with Crippen molar-refractivity contribution in [2.24, 2.45) is 0 Å². The molecule has 34 heavy (non-hydrogen) atoms. The van der Waals surface area contributed by atoms with E-state index >= 15 is 0 Å². The number of ether oxygens (including phenoxy) is 2. The topological polar surface area (TPSA) is 79.4 Å². The van der Waals surface area contributed by atoms with Gasteiger partial charge in [0.1, 0.15) is 11.5 Å². The quantitative estimate of drug-likeness (QED) is 0.535. The largest absolute Gasteiger partial charge is 0.484 e. The Kier molecular flexibility index (Phi) is 7.70. The van der Waals surface area contributed by atoms with Gasteiger partial charge in [0.2, 0.25) is 5.91 Å². The molecule has 1 saturated heterocycles. The van der Waals surface area contributed by atoms with E-state index in [0.29, 0.717) is 47.2 Å². The van der Waals surface area contributed by atoms with Crippen LogP contribution in [0.1, 0.15) is 23.2 Å². The minimum Gasteiger partial charge on any atom is -0.484 e. The first-order chi connectivity index (χ1) is 16.4. The molecule has 2 amide bonds. The van der Waals surface area contributed by atoms with Gasteiger partial charge in [-0.1, -0.05) is 23.7 Å². The number of likely N-dealkylation sites (N-methyl/N-ethyl adjacent to an activating group) is 1. The molecule has 0 aromatic heterocycles. The number of nitrogens with zero attached hydrogens (tertiary/aromatic N) is 3. The third-order valence-electron chi connectivity index (χ3n) is 6.05. The second-order valence-electron chi connectivity index (χ2n) is 8.45. The number of halogens is 1. The monoisotopic (exact) mass is 485 g/mol. The zero-order valence-electron chi connectivity index (χ0n) is 19.2. The van der Waals surface area contributed by atoms with Gasteiger partial charge in [0.15, 0.2) is 19.0 Å². The summed E-state index contributed by atoms with van der Waals surface area (Å²) in [7, 11) is 2.05. The average molecular weight is 486 g/mol. The first kappa shape index (κ1) is 24.0. The van der Waals surface area contributed by atoms with E-state index in [-0.39, 0.29) is 30.8 Å². The van der Waals surface area contributed by atoms with Gasteiger partial charge in [-0.05, 0) is 43.8 Å². The SMILES string of the molecule is CN1CCN(C(=O)CCCN2C(=O)COc3ccc(C(=O)COc4ccccc4Cl)cc32)CC1. The molecular weight excluding hydrogens is 458 g/mol. The van der Waals surface area contributed by atoms with Crippen molar-refractivity contribution in [3.05, 3.63) is 53.1 Å².